The standard InChI is InChI=1S/C11H16O2/c1-5-10-8-4-12-9(10)2-6-7(8)3-13-11(5)6/h5-11H,2-4H2,1H3/t5-,6+,7+,8-,9?,10+,11+/m1/s1. The minimum Gasteiger partial charge on any atom is -0.378 e. The van der Waals surface area contributed by atoms with E-state index in [-0.39, 0.29) is 0 Å². The fourth-order valence-electron chi connectivity index (χ4n) is 4.59. The summed E-state index contributed by atoms with van der Waals surface area (Å²) in [6.07, 6.45) is 2.48. The molecule has 0 aromatic rings. The van der Waals surface area contributed by atoms with Gasteiger partial charge in [-0.15, -0.1) is 0 Å². The maximum atomic E-state index is 5.92. The molecule has 5 fully saturated rings. The van der Waals surface area contributed by atoms with Crippen molar-refractivity contribution in [2.45, 2.75) is 25.6 Å². The molecule has 72 valence electrons. The summed E-state index contributed by atoms with van der Waals surface area (Å²) in [6.45, 7) is 4.42. The molecule has 0 aromatic heterocycles. The molecule has 3 aliphatic carbocycles. The Kier molecular flexibility index (Phi) is 1.18. The molecule has 2 aliphatic heterocycles. The van der Waals surface area contributed by atoms with Crippen molar-refractivity contribution in [3.63, 3.8) is 0 Å². The molecule has 0 N–H and O–H groups in total. The van der Waals surface area contributed by atoms with E-state index >= 15 is 0 Å². The minimum atomic E-state index is 0.587. The van der Waals surface area contributed by atoms with Gasteiger partial charge in [-0.25, -0.2) is 0 Å². The zero-order chi connectivity index (χ0) is 8.58. The summed E-state index contributed by atoms with van der Waals surface area (Å²) in [4.78, 5) is 0. The van der Waals surface area contributed by atoms with Gasteiger partial charge in [0.25, 0.3) is 0 Å². The van der Waals surface area contributed by atoms with E-state index in [1.165, 1.54) is 6.42 Å². The minimum absolute atomic E-state index is 0.587. The summed E-state index contributed by atoms with van der Waals surface area (Å²) < 4.78 is 11.8. The van der Waals surface area contributed by atoms with Crippen molar-refractivity contribution in [2.75, 3.05) is 13.2 Å². The molecule has 0 radical (unpaired) electrons. The highest BCUT2D eigenvalue weighted by Gasteiger charge is 2.63. The summed E-state index contributed by atoms with van der Waals surface area (Å²) in [7, 11) is 0. The molecule has 1 unspecified atom stereocenters. The SMILES string of the molecule is C[C@H]1[C@@H]2OC[C@@H]3[C@H]4COC(C[C@@H]32)[C@@H]14. The van der Waals surface area contributed by atoms with Gasteiger partial charge in [-0.2, -0.15) is 0 Å². The Hall–Kier alpha value is -0.0800. The van der Waals surface area contributed by atoms with Gasteiger partial charge < -0.3 is 9.47 Å². The maximum absolute atomic E-state index is 5.92. The van der Waals surface area contributed by atoms with Gasteiger partial charge in [0.05, 0.1) is 25.4 Å². The first-order chi connectivity index (χ1) is 6.36. The average Bonchev–Trinajstić information content (AvgIpc) is 2.65. The molecule has 5 rings (SSSR count). The Balaban J connectivity index is 1.84. The van der Waals surface area contributed by atoms with Crippen LogP contribution in [-0.2, 0) is 9.47 Å². The predicted octanol–water partition coefficient (Wildman–Crippen LogP) is 1.30. The van der Waals surface area contributed by atoms with Gasteiger partial charge in [-0.1, -0.05) is 6.92 Å². The molecule has 2 heteroatoms. The van der Waals surface area contributed by atoms with Crippen LogP contribution in [0.15, 0.2) is 0 Å². The number of rotatable bonds is 0. The van der Waals surface area contributed by atoms with Gasteiger partial charge in [0.1, 0.15) is 0 Å². The molecule has 3 saturated carbocycles. The van der Waals surface area contributed by atoms with Crippen LogP contribution in [0.5, 0.6) is 0 Å². The van der Waals surface area contributed by atoms with Crippen molar-refractivity contribution in [3.8, 4) is 0 Å². The lowest BCUT2D eigenvalue weighted by Crippen LogP contribution is -2.51. The number of ether oxygens (including phenoxy) is 2. The molecule has 2 heterocycles. The number of hydrogen-bond donors (Lipinski definition) is 0. The molecule has 13 heavy (non-hydrogen) atoms. The quantitative estimate of drug-likeness (QED) is 0.559. The van der Waals surface area contributed by atoms with E-state index in [2.05, 4.69) is 6.92 Å². The van der Waals surface area contributed by atoms with Crippen molar-refractivity contribution in [1.82, 2.24) is 0 Å². The van der Waals surface area contributed by atoms with Crippen molar-refractivity contribution >= 4 is 0 Å². The van der Waals surface area contributed by atoms with Crippen molar-refractivity contribution in [2.24, 2.45) is 29.6 Å². The second-order valence-corrected chi connectivity index (χ2v) is 5.33. The van der Waals surface area contributed by atoms with Gasteiger partial charge in [-0.3, -0.25) is 0 Å². The Labute approximate surface area is 78.6 Å². The van der Waals surface area contributed by atoms with E-state index in [9.17, 15) is 0 Å². The van der Waals surface area contributed by atoms with Gasteiger partial charge in [0, 0.05) is 0 Å². The molecule has 5 aliphatic rings. The highest BCUT2D eigenvalue weighted by Crippen LogP contribution is 2.59. The third kappa shape index (κ3) is 0.668. The van der Waals surface area contributed by atoms with Crippen LogP contribution in [0.1, 0.15) is 13.3 Å². The lowest BCUT2D eigenvalue weighted by Gasteiger charge is -2.48. The second kappa shape index (κ2) is 2.12. The third-order valence-corrected chi connectivity index (χ3v) is 5.06. The maximum Gasteiger partial charge on any atom is 0.0637 e. The third-order valence-electron chi connectivity index (χ3n) is 5.06. The Morgan fingerprint density at radius 2 is 1.85 bits per heavy atom. The fourth-order valence-corrected chi connectivity index (χ4v) is 4.59. The summed E-state index contributed by atoms with van der Waals surface area (Å²) in [5.74, 6) is 4.14. The van der Waals surface area contributed by atoms with E-state index < -0.39 is 0 Å². The molecule has 0 aromatic carbocycles. The van der Waals surface area contributed by atoms with Crippen LogP contribution in [0.25, 0.3) is 0 Å². The van der Waals surface area contributed by atoms with Crippen LogP contribution in [0, 0.1) is 29.6 Å². The summed E-state index contributed by atoms with van der Waals surface area (Å²) in [6, 6.07) is 0. The first-order valence-corrected chi connectivity index (χ1v) is 5.59. The van der Waals surface area contributed by atoms with Crippen LogP contribution in [0.3, 0.4) is 0 Å². The zero-order valence-corrected chi connectivity index (χ0v) is 7.98. The van der Waals surface area contributed by atoms with Gasteiger partial charge in [0.15, 0.2) is 0 Å². The number of hydrogen-bond acceptors (Lipinski definition) is 2. The molecule has 0 spiro atoms. The van der Waals surface area contributed by atoms with Crippen LogP contribution in [-0.4, -0.2) is 25.4 Å². The summed E-state index contributed by atoms with van der Waals surface area (Å²) in [5.41, 5.74) is 0. The smallest absolute Gasteiger partial charge is 0.0637 e. The van der Waals surface area contributed by atoms with E-state index in [1.807, 2.05) is 0 Å². The lowest BCUT2D eigenvalue weighted by atomic mass is 9.55. The van der Waals surface area contributed by atoms with Gasteiger partial charge in [-0.05, 0) is 36.0 Å². The van der Waals surface area contributed by atoms with Crippen molar-refractivity contribution in [3.05, 3.63) is 0 Å². The summed E-state index contributed by atoms with van der Waals surface area (Å²) in [5, 5.41) is 0. The summed E-state index contributed by atoms with van der Waals surface area (Å²) >= 11 is 0. The van der Waals surface area contributed by atoms with E-state index in [0.717, 1.165) is 42.8 Å². The largest absolute Gasteiger partial charge is 0.378 e. The first kappa shape index (κ1) is 7.24. The highest BCUT2D eigenvalue weighted by atomic mass is 16.5. The molecule has 2 saturated heterocycles. The van der Waals surface area contributed by atoms with Crippen LogP contribution >= 0.6 is 0 Å². The molecule has 2 nitrogen and oxygen atoms in total. The molecule has 6 bridgehead atoms. The van der Waals surface area contributed by atoms with Gasteiger partial charge >= 0.3 is 0 Å². The Morgan fingerprint density at radius 3 is 2.77 bits per heavy atom. The highest BCUT2D eigenvalue weighted by molar-refractivity contribution is 5.10. The van der Waals surface area contributed by atoms with Crippen molar-refractivity contribution in [1.29, 1.82) is 0 Å². The Bertz CT molecular complexity index is 250. The van der Waals surface area contributed by atoms with E-state index in [0.29, 0.717) is 12.2 Å². The zero-order valence-electron chi connectivity index (χ0n) is 7.98. The lowest BCUT2D eigenvalue weighted by molar-refractivity contribution is -0.0676. The normalized spacial score (nSPS) is 67.6. The fraction of sp³-hybridized carbons (Fsp3) is 1.00. The molecule has 0 amide bonds. The second-order valence-electron chi connectivity index (χ2n) is 5.33. The molecular weight excluding hydrogens is 164 g/mol. The van der Waals surface area contributed by atoms with E-state index in [1.54, 1.807) is 0 Å². The van der Waals surface area contributed by atoms with Crippen LogP contribution < -0.4 is 0 Å². The topological polar surface area (TPSA) is 18.5 Å². The van der Waals surface area contributed by atoms with Gasteiger partial charge in [0.2, 0.25) is 0 Å². The van der Waals surface area contributed by atoms with Crippen LogP contribution in [0.4, 0.5) is 0 Å². The predicted molar refractivity (Wildman–Crippen MR) is 47.2 cm³/mol. The van der Waals surface area contributed by atoms with Crippen molar-refractivity contribution < 1.29 is 9.47 Å². The molecule has 7 atom stereocenters. The monoisotopic (exact) mass is 180 g/mol. The molecular formula is C11H16O2. The van der Waals surface area contributed by atoms with Crippen LogP contribution in [0.2, 0.25) is 0 Å². The first-order valence-electron chi connectivity index (χ1n) is 5.59. The van der Waals surface area contributed by atoms with E-state index in [4.69, 9.17) is 9.47 Å². The Morgan fingerprint density at radius 1 is 1.00 bits per heavy atom. The average molecular weight is 180 g/mol.